The lowest BCUT2D eigenvalue weighted by atomic mass is 9.68. The van der Waals surface area contributed by atoms with Crippen molar-refractivity contribution in [2.45, 2.75) is 81.2 Å². The smallest absolute Gasteiger partial charge is 0.219 e. The van der Waals surface area contributed by atoms with Crippen LogP contribution < -0.4 is 15.4 Å². The van der Waals surface area contributed by atoms with Crippen LogP contribution in [0.3, 0.4) is 0 Å². The lowest BCUT2D eigenvalue weighted by Gasteiger charge is -2.42. The second-order valence-electron chi connectivity index (χ2n) is 10.7. The summed E-state index contributed by atoms with van der Waals surface area (Å²) in [5.41, 5.74) is 9.22. The van der Waals surface area contributed by atoms with Gasteiger partial charge in [-0.05, 0) is 49.3 Å². The molecule has 1 aromatic carbocycles. The molecule has 1 aliphatic heterocycles. The minimum absolute atomic E-state index is 0.0525. The third-order valence-corrected chi connectivity index (χ3v) is 9.64. The van der Waals surface area contributed by atoms with E-state index in [-0.39, 0.29) is 11.2 Å². The number of Topliss-reactive ketones (excluding diaryl/α,β-unsaturated/α-hetero) is 1. The summed E-state index contributed by atoms with van der Waals surface area (Å²) in [7, 11) is 0. The highest BCUT2D eigenvalue weighted by Gasteiger charge is 2.45. The highest BCUT2D eigenvalue weighted by molar-refractivity contribution is 8.01. The maximum absolute atomic E-state index is 13.7. The monoisotopic (exact) mass is 535 g/mol. The fourth-order valence-electron chi connectivity index (χ4n) is 5.65. The van der Waals surface area contributed by atoms with Crippen LogP contribution in [0.15, 0.2) is 51.3 Å². The molecule has 1 aromatic heterocycles. The molecule has 2 aliphatic carbocycles. The summed E-state index contributed by atoms with van der Waals surface area (Å²) in [6, 6.07) is 9.96. The van der Waals surface area contributed by atoms with Gasteiger partial charge in [0.25, 0.3) is 0 Å². The molecule has 194 valence electrons. The van der Waals surface area contributed by atoms with E-state index < -0.39 is 5.92 Å². The predicted molar refractivity (Wildman–Crippen MR) is 147 cm³/mol. The molecule has 1 fully saturated rings. The van der Waals surface area contributed by atoms with Gasteiger partial charge in [-0.25, -0.2) is 0 Å². The second kappa shape index (κ2) is 10.5. The van der Waals surface area contributed by atoms with E-state index in [1.807, 2.05) is 36.1 Å². The molecule has 9 heteroatoms. The van der Waals surface area contributed by atoms with Gasteiger partial charge in [0.15, 0.2) is 10.1 Å². The molecule has 0 amide bonds. The Bertz CT molecular complexity index is 1280. The molecule has 7 nitrogen and oxygen atoms in total. The van der Waals surface area contributed by atoms with Gasteiger partial charge in [-0.1, -0.05) is 68.3 Å². The van der Waals surface area contributed by atoms with Gasteiger partial charge < -0.3 is 10.5 Å². The number of thioether (sulfide) groups is 1. The van der Waals surface area contributed by atoms with Crippen LogP contribution in [0.2, 0.25) is 0 Å². The summed E-state index contributed by atoms with van der Waals surface area (Å²) in [6.45, 7) is 6.71. The largest absolute Gasteiger partial charge is 0.494 e. The molecular formula is C28H33N5O2S2. The number of benzene rings is 1. The Morgan fingerprint density at radius 2 is 1.92 bits per heavy atom. The van der Waals surface area contributed by atoms with Crippen molar-refractivity contribution in [3.05, 3.63) is 52.5 Å². The molecule has 2 aromatic rings. The average molecular weight is 536 g/mol. The van der Waals surface area contributed by atoms with Gasteiger partial charge in [0.05, 0.1) is 24.2 Å². The van der Waals surface area contributed by atoms with E-state index >= 15 is 0 Å². The van der Waals surface area contributed by atoms with Crippen molar-refractivity contribution in [2.75, 3.05) is 11.5 Å². The summed E-state index contributed by atoms with van der Waals surface area (Å²) in [6.07, 6.45) is 7.31. The van der Waals surface area contributed by atoms with E-state index in [9.17, 15) is 10.1 Å². The highest BCUT2D eigenvalue weighted by atomic mass is 32.2. The lowest BCUT2D eigenvalue weighted by molar-refractivity contribution is -0.118. The number of allylic oxidation sites excluding steroid dienone is 3. The van der Waals surface area contributed by atoms with Crippen LogP contribution in [-0.4, -0.2) is 27.8 Å². The Morgan fingerprint density at radius 3 is 2.59 bits per heavy atom. The standard InChI is InChI=1S/C28H33N5O2S2/c1-4-35-18-12-10-17(11-13-18)23-20(16-29)25(30)33(21-14-28(2,3)15-22(34)24(21)23)26-31-32-27(37-26)36-19-8-6-5-7-9-19/h10-13,19,23H,4-9,14-15,30H2,1-3H3. The van der Waals surface area contributed by atoms with E-state index in [1.165, 1.54) is 43.4 Å². The molecule has 37 heavy (non-hydrogen) atoms. The van der Waals surface area contributed by atoms with Gasteiger partial charge in [-0.15, -0.1) is 10.2 Å². The summed E-state index contributed by atoms with van der Waals surface area (Å²) in [5, 5.41) is 20.4. The number of carbonyl (C=O) groups is 1. The van der Waals surface area contributed by atoms with Gasteiger partial charge in [0.1, 0.15) is 11.6 Å². The van der Waals surface area contributed by atoms with E-state index in [1.54, 1.807) is 11.8 Å². The Hall–Kier alpha value is -2.83. The molecule has 0 bridgehead atoms. The van der Waals surface area contributed by atoms with Crippen molar-refractivity contribution < 1.29 is 9.53 Å². The van der Waals surface area contributed by atoms with Crippen molar-refractivity contribution in [3.63, 3.8) is 0 Å². The van der Waals surface area contributed by atoms with E-state index in [4.69, 9.17) is 10.5 Å². The molecule has 1 saturated carbocycles. The Morgan fingerprint density at radius 1 is 1.19 bits per heavy atom. The third kappa shape index (κ3) is 5.14. The number of aromatic nitrogens is 2. The lowest BCUT2D eigenvalue weighted by Crippen LogP contribution is -2.42. The van der Waals surface area contributed by atoms with E-state index in [2.05, 4.69) is 30.1 Å². The van der Waals surface area contributed by atoms with Gasteiger partial charge >= 0.3 is 0 Å². The molecule has 1 unspecified atom stereocenters. The van der Waals surface area contributed by atoms with Crippen molar-refractivity contribution in [1.82, 2.24) is 10.2 Å². The SMILES string of the molecule is CCOc1ccc(C2C(C#N)=C(N)N(c3nnc(SC4CCCCC4)s3)C3=C2C(=O)CC(C)(C)C3)cc1. The van der Waals surface area contributed by atoms with E-state index in [0.717, 1.165) is 21.3 Å². The van der Waals surface area contributed by atoms with Crippen LogP contribution >= 0.6 is 23.1 Å². The van der Waals surface area contributed by atoms with Crippen LogP contribution in [0.5, 0.6) is 5.75 Å². The number of hydrogen-bond acceptors (Lipinski definition) is 9. The second-order valence-corrected chi connectivity index (χ2v) is 13.2. The number of nitrogens with two attached hydrogens (primary N) is 1. The Balaban J connectivity index is 1.57. The number of rotatable bonds is 6. The zero-order valence-corrected chi connectivity index (χ0v) is 23.3. The topological polar surface area (TPSA) is 105 Å². The van der Waals surface area contributed by atoms with Gasteiger partial charge in [0.2, 0.25) is 5.13 Å². The zero-order chi connectivity index (χ0) is 26.2. The third-order valence-electron chi connectivity index (χ3n) is 7.31. The van der Waals surface area contributed by atoms with Crippen molar-refractivity contribution >= 4 is 34.0 Å². The normalized spacial score (nSPS) is 22.2. The number of ketones is 1. The molecule has 0 radical (unpaired) electrons. The van der Waals surface area contributed by atoms with Crippen LogP contribution in [0.25, 0.3) is 0 Å². The predicted octanol–water partition coefficient (Wildman–Crippen LogP) is 6.30. The maximum atomic E-state index is 13.7. The minimum Gasteiger partial charge on any atom is -0.494 e. The molecule has 2 heterocycles. The first-order chi connectivity index (χ1) is 17.8. The quantitative estimate of drug-likeness (QED) is 0.459. The number of carbonyl (C=O) groups excluding carboxylic acids is 1. The number of nitrogens with zero attached hydrogens (tertiary/aromatic N) is 4. The molecule has 5 rings (SSSR count). The average Bonchev–Trinajstić information content (AvgIpc) is 3.31. The summed E-state index contributed by atoms with van der Waals surface area (Å²) >= 11 is 3.28. The van der Waals surface area contributed by atoms with Gasteiger partial charge in [0, 0.05) is 22.9 Å². The molecule has 0 saturated heterocycles. The Kier molecular flexibility index (Phi) is 7.32. The number of nitriles is 1. The maximum Gasteiger partial charge on any atom is 0.219 e. The first kappa shape index (κ1) is 25.8. The minimum atomic E-state index is -0.514. The van der Waals surface area contributed by atoms with Crippen molar-refractivity contribution in [2.24, 2.45) is 11.1 Å². The van der Waals surface area contributed by atoms with Crippen LogP contribution in [0.1, 0.15) is 77.2 Å². The number of ether oxygens (including phenoxy) is 1. The highest BCUT2D eigenvalue weighted by Crippen LogP contribution is 2.51. The fourth-order valence-corrected chi connectivity index (χ4v) is 8.04. The molecule has 2 N–H and O–H groups in total. The first-order valence-corrected chi connectivity index (χ1v) is 14.7. The van der Waals surface area contributed by atoms with Crippen LogP contribution in [-0.2, 0) is 4.79 Å². The molecule has 0 spiro atoms. The Labute approximate surface area is 226 Å². The summed E-state index contributed by atoms with van der Waals surface area (Å²) in [5.74, 6) is 0.619. The summed E-state index contributed by atoms with van der Waals surface area (Å²) < 4.78 is 6.51. The fraction of sp³-hybridized carbons (Fsp3) is 0.500. The van der Waals surface area contributed by atoms with Crippen molar-refractivity contribution in [1.29, 1.82) is 5.26 Å². The van der Waals surface area contributed by atoms with Crippen LogP contribution in [0, 0.1) is 16.7 Å². The molecular weight excluding hydrogens is 502 g/mol. The summed E-state index contributed by atoms with van der Waals surface area (Å²) in [4.78, 5) is 15.5. The first-order valence-electron chi connectivity index (χ1n) is 13.0. The van der Waals surface area contributed by atoms with Gasteiger partial charge in [-0.3, -0.25) is 9.69 Å². The van der Waals surface area contributed by atoms with Crippen molar-refractivity contribution in [3.8, 4) is 11.8 Å². The number of hydrogen-bond donors (Lipinski definition) is 1. The number of anilines is 1. The van der Waals surface area contributed by atoms with Crippen LogP contribution in [0.4, 0.5) is 5.13 Å². The molecule has 3 aliphatic rings. The zero-order valence-electron chi connectivity index (χ0n) is 21.6. The van der Waals surface area contributed by atoms with Gasteiger partial charge in [-0.2, -0.15) is 5.26 Å². The van der Waals surface area contributed by atoms with E-state index in [0.29, 0.717) is 46.8 Å². The molecule has 1 atom stereocenters.